The largest absolute Gasteiger partial charge is 0.354 e. The Morgan fingerprint density at radius 3 is 2.88 bits per heavy atom. The van der Waals surface area contributed by atoms with Gasteiger partial charge in [0.25, 0.3) is 0 Å². The minimum absolute atomic E-state index is 0.776. The highest BCUT2D eigenvalue weighted by atomic mass is 32.2. The van der Waals surface area contributed by atoms with E-state index in [0.717, 1.165) is 59.6 Å². The first kappa shape index (κ1) is 15.2. The third kappa shape index (κ3) is 3.15. The van der Waals surface area contributed by atoms with Gasteiger partial charge in [-0.3, -0.25) is 5.10 Å². The highest BCUT2D eigenvalue weighted by Gasteiger charge is 2.14. The molecule has 0 unspecified atom stereocenters. The zero-order valence-electron chi connectivity index (χ0n) is 13.4. The third-order valence-corrected chi connectivity index (χ3v) is 4.58. The highest BCUT2D eigenvalue weighted by Crippen LogP contribution is 2.25. The molecule has 7 nitrogen and oxygen atoms in total. The number of piperazine rings is 1. The lowest BCUT2D eigenvalue weighted by atomic mass is 10.2. The fourth-order valence-electron chi connectivity index (χ4n) is 2.79. The molecule has 0 radical (unpaired) electrons. The Hall–Kier alpha value is -2.32. The Morgan fingerprint density at radius 2 is 2.04 bits per heavy atom. The molecule has 2 aromatic heterocycles. The first-order valence-corrected chi connectivity index (χ1v) is 9.13. The maximum Gasteiger partial charge on any atom is 0.191 e. The maximum atomic E-state index is 4.65. The van der Waals surface area contributed by atoms with E-state index in [1.807, 2.05) is 30.7 Å². The van der Waals surface area contributed by atoms with Crippen LogP contribution in [-0.4, -0.2) is 52.6 Å². The molecule has 124 valence electrons. The molecule has 3 aromatic rings. The number of rotatable bonds is 4. The molecular formula is C16H19N7S. The van der Waals surface area contributed by atoms with Gasteiger partial charge >= 0.3 is 0 Å². The van der Waals surface area contributed by atoms with Crippen LogP contribution in [0.15, 0.2) is 35.6 Å². The van der Waals surface area contributed by atoms with Crippen LogP contribution in [0.25, 0.3) is 10.9 Å². The number of aromatic amines is 1. The predicted molar refractivity (Wildman–Crippen MR) is 98.3 cm³/mol. The standard InChI is InChI=1S/C16H19N7S/c1-24-16-20-14(9-15(21-16)23-6-4-17-5-7-23)19-12-2-3-13-11(8-12)10-18-22-13/h2-3,8-10,17H,4-7H2,1H3,(H,18,22)(H,19,20,21). The SMILES string of the molecule is CSc1nc(Nc2ccc3[nH]ncc3c2)cc(N2CCNCC2)n1. The second-order valence-corrected chi connectivity index (χ2v) is 6.41. The Labute approximate surface area is 144 Å². The van der Waals surface area contributed by atoms with Crippen LogP contribution in [0.5, 0.6) is 0 Å². The lowest BCUT2D eigenvalue weighted by Crippen LogP contribution is -2.44. The van der Waals surface area contributed by atoms with E-state index in [4.69, 9.17) is 0 Å². The number of thioether (sulfide) groups is 1. The van der Waals surface area contributed by atoms with Crippen LogP contribution < -0.4 is 15.5 Å². The summed E-state index contributed by atoms with van der Waals surface area (Å²) in [5.41, 5.74) is 2.01. The second kappa shape index (κ2) is 6.66. The lowest BCUT2D eigenvalue weighted by molar-refractivity contribution is 0.583. The average Bonchev–Trinajstić information content (AvgIpc) is 3.10. The van der Waals surface area contributed by atoms with Gasteiger partial charge < -0.3 is 15.5 Å². The molecule has 24 heavy (non-hydrogen) atoms. The van der Waals surface area contributed by atoms with Crippen molar-refractivity contribution in [3.8, 4) is 0 Å². The summed E-state index contributed by atoms with van der Waals surface area (Å²) in [4.78, 5) is 11.5. The minimum Gasteiger partial charge on any atom is -0.354 e. The molecule has 3 N–H and O–H groups in total. The Balaban J connectivity index is 1.63. The smallest absolute Gasteiger partial charge is 0.191 e. The number of hydrogen-bond acceptors (Lipinski definition) is 7. The molecule has 3 heterocycles. The first-order chi connectivity index (χ1) is 11.8. The van der Waals surface area contributed by atoms with Crippen LogP contribution in [0.4, 0.5) is 17.3 Å². The molecule has 0 atom stereocenters. The monoisotopic (exact) mass is 341 g/mol. The summed E-state index contributed by atoms with van der Waals surface area (Å²) in [5.74, 6) is 1.79. The Bertz CT molecular complexity index is 841. The van der Waals surface area contributed by atoms with Crippen LogP contribution in [0, 0.1) is 0 Å². The van der Waals surface area contributed by atoms with E-state index in [1.165, 1.54) is 0 Å². The van der Waals surface area contributed by atoms with Crippen molar-refractivity contribution in [2.24, 2.45) is 0 Å². The normalized spacial score (nSPS) is 15.0. The second-order valence-electron chi connectivity index (χ2n) is 5.63. The van der Waals surface area contributed by atoms with Gasteiger partial charge in [-0.25, -0.2) is 9.97 Å². The van der Waals surface area contributed by atoms with Gasteiger partial charge in [-0.15, -0.1) is 0 Å². The zero-order chi connectivity index (χ0) is 16.4. The average molecular weight is 341 g/mol. The maximum absolute atomic E-state index is 4.65. The van der Waals surface area contributed by atoms with Crippen molar-refractivity contribution in [3.05, 3.63) is 30.5 Å². The number of hydrogen-bond donors (Lipinski definition) is 3. The van der Waals surface area contributed by atoms with Gasteiger partial charge in [-0.05, 0) is 24.5 Å². The van der Waals surface area contributed by atoms with Gasteiger partial charge in [0.15, 0.2) is 5.16 Å². The molecule has 1 aromatic carbocycles. The van der Waals surface area contributed by atoms with Gasteiger partial charge in [0.1, 0.15) is 11.6 Å². The number of nitrogens with one attached hydrogen (secondary N) is 3. The summed E-state index contributed by atoms with van der Waals surface area (Å²) in [6.45, 7) is 3.90. The molecule has 1 fully saturated rings. The zero-order valence-corrected chi connectivity index (χ0v) is 14.2. The van der Waals surface area contributed by atoms with Crippen LogP contribution in [0.2, 0.25) is 0 Å². The van der Waals surface area contributed by atoms with E-state index < -0.39 is 0 Å². The van der Waals surface area contributed by atoms with Crippen LogP contribution in [0.3, 0.4) is 0 Å². The van der Waals surface area contributed by atoms with Crippen molar-refractivity contribution in [1.82, 2.24) is 25.5 Å². The topological polar surface area (TPSA) is 81.8 Å². The van der Waals surface area contributed by atoms with Crippen LogP contribution in [-0.2, 0) is 0 Å². The Kier molecular flexibility index (Phi) is 4.22. The van der Waals surface area contributed by atoms with Crippen molar-refractivity contribution in [2.75, 3.05) is 42.7 Å². The molecule has 4 rings (SSSR count). The van der Waals surface area contributed by atoms with E-state index in [9.17, 15) is 0 Å². The number of fused-ring (bicyclic) bond motifs is 1. The predicted octanol–water partition coefficient (Wildman–Crippen LogP) is 2.23. The fourth-order valence-corrected chi connectivity index (χ4v) is 3.17. The highest BCUT2D eigenvalue weighted by molar-refractivity contribution is 7.98. The van der Waals surface area contributed by atoms with Crippen molar-refractivity contribution in [1.29, 1.82) is 0 Å². The summed E-state index contributed by atoms with van der Waals surface area (Å²) >= 11 is 1.56. The summed E-state index contributed by atoms with van der Waals surface area (Å²) in [6.07, 6.45) is 3.82. The van der Waals surface area contributed by atoms with Crippen molar-refractivity contribution in [3.63, 3.8) is 0 Å². The van der Waals surface area contributed by atoms with Gasteiger partial charge in [0.2, 0.25) is 0 Å². The number of H-pyrrole nitrogens is 1. The van der Waals surface area contributed by atoms with Crippen molar-refractivity contribution < 1.29 is 0 Å². The molecule has 0 saturated carbocycles. The van der Waals surface area contributed by atoms with Crippen LogP contribution >= 0.6 is 11.8 Å². The first-order valence-electron chi connectivity index (χ1n) is 7.91. The van der Waals surface area contributed by atoms with Gasteiger partial charge in [0.05, 0.1) is 11.7 Å². The molecule has 0 bridgehead atoms. The van der Waals surface area contributed by atoms with Crippen LogP contribution in [0.1, 0.15) is 0 Å². The molecule has 0 spiro atoms. The van der Waals surface area contributed by atoms with E-state index in [1.54, 1.807) is 11.8 Å². The summed E-state index contributed by atoms with van der Waals surface area (Å²) in [7, 11) is 0. The summed E-state index contributed by atoms with van der Waals surface area (Å²) in [6, 6.07) is 8.11. The Morgan fingerprint density at radius 1 is 1.17 bits per heavy atom. The molecular weight excluding hydrogens is 322 g/mol. The van der Waals surface area contributed by atoms with Gasteiger partial charge in [0, 0.05) is 43.3 Å². The molecule has 1 saturated heterocycles. The molecule has 0 amide bonds. The third-order valence-electron chi connectivity index (χ3n) is 4.03. The number of anilines is 3. The van der Waals surface area contributed by atoms with Crippen molar-refractivity contribution >= 4 is 40.0 Å². The summed E-state index contributed by atoms with van der Waals surface area (Å²) < 4.78 is 0. The fraction of sp³-hybridized carbons (Fsp3) is 0.312. The molecule has 0 aliphatic carbocycles. The van der Waals surface area contributed by atoms with Crippen molar-refractivity contribution in [2.45, 2.75) is 5.16 Å². The number of nitrogens with zero attached hydrogens (tertiary/aromatic N) is 4. The van der Waals surface area contributed by atoms with E-state index >= 15 is 0 Å². The summed E-state index contributed by atoms with van der Waals surface area (Å²) in [5, 5.41) is 15.6. The number of aromatic nitrogens is 4. The molecule has 1 aliphatic heterocycles. The molecule has 1 aliphatic rings. The van der Waals surface area contributed by atoms with E-state index in [0.29, 0.717) is 0 Å². The quantitative estimate of drug-likeness (QED) is 0.496. The molecule has 8 heteroatoms. The van der Waals surface area contributed by atoms with E-state index in [-0.39, 0.29) is 0 Å². The van der Waals surface area contributed by atoms with Gasteiger partial charge in [-0.2, -0.15) is 5.10 Å². The van der Waals surface area contributed by atoms with Gasteiger partial charge in [-0.1, -0.05) is 11.8 Å². The minimum atomic E-state index is 0.776. The lowest BCUT2D eigenvalue weighted by Gasteiger charge is -2.28. The number of benzene rings is 1. The van der Waals surface area contributed by atoms with E-state index in [2.05, 4.69) is 41.8 Å².